The van der Waals surface area contributed by atoms with Crippen LogP contribution in [0.5, 0.6) is 17.2 Å². The van der Waals surface area contributed by atoms with E-state index in [9.17, 15) is 19.5 Å². The number of imide groups is 2. The van der Waals surface area contributed by atoms with Crippen molar-refractivity contribution in [3.05, 3.63) is 130 Å². The minimum atomic E-state index is -1.28. The Hall–Kier alpha value is -6.50. The summed E-state index contributed by atoms with van der Waals surface area (Å²) >= 11 is 7.91. The summed E-state index contributed by atoms with van der Waals surface area (Å²) in [4.78, 5) is 62.7. The van der Waals surface area contributed by atoms with Crippen molar-refractivity contribution in [1.29, 1.82) is 0 Å². The van der Waals surface area contributed by atoms with E-state index >= 15 is 4.79 Å². The number of phenols is 1. The fourth-order valence-electron chi connectivity index (χ4n) is 10.7. The van der Waals surface area contributed by atoms with Gasteiger partial charge in [0.2, 0.25) is 23.6 Å². The molecule has 4 aliphatic rings. The Labute approximate surface area is 372 Å². The van der Waals surface area contributed by atoms with E-state index in [2.05, 4.69) is 0 Å². The SMILES string of the molecule is COc1ccc(OC)c(C=Cc2ccc(N3C(=O)C4CC=C5C(CC6C(=O)N(c7cc(-c8sc9ccc(Cl)cc9c8C)nn7C)C(=O)C6(C)C5c5cccc(O)c5)C4C3=O)cc2)c1. The van der Waals surface area contributed by atoms with Gasteiger partial charge in [0, 0.05) is 34.3 Å². The van der Waals surface area contributed by atoms with Crippen LogP contribution in [-0.2, 0) is 26.2 Å². The number of carbonyl (C=O) groups is 4. The van der Waals surface area contributed by atoms with Crippen LogP contribution < -0.4 is 19.3 Å². The quantitative estimate of drug-likeness (QED) is 0.0909. The number of hydrogen-bond donors (Lipinski definition) is 1. The topological polar surface area (TPSA) is 131 Å². The second-order valence-electron chi connectivity index (χ2n) is 17.0. The lowest BCUT2D eigenvalue weighted by molar-refractivity contribution is -0.131. The fourth-order valence-corrected chi connectivity index (χ4v) is 12.0. The van der Waals surface area contributed by atoms with Crippen LogP contribution in [0.2, 0.25) is 5.02 Å². The largest absolute Gasteiger partial charge is 0.508 e. The Morgan fingerprint density at radius 2 is 1.67 bits per heavy atom. The molecule has 6 unspecified atom stereocenters. The molecule has 1 saturated carbocycles. The highest BCUT2D eigenvalue weighted by atomic mass is 35.5. The van der Waals surface area contributed by atoms with Gasteiger partial charge in [-0.3, -0.25) is 28.8 Å². The number of anilines is 2. The van der Waals surface area contributed by atoms with Gasteiger partial charge in [0.15, 0.2) is 0 Å². The summed E-state index contributed by atoms with van der Waals surface area (Å²) in [6.07, 6.45) is 6.34. The lowest BCUT2D eigenvalue weighted by Gasteiger charge is -2.49. The number of amides is 4. The van der Waals surface area contributed by atoms with Crippen molar-refractivity contribution >= 4 is 80.3 Å². The number of methoxy groups -OCH3 is 2. The normalized spacial score (nSPS) is 24.3. The maximum Gasteiger partial charge on any atom is 0.242 e. The molecule has 13 heteroatoms. The van der Waals surface area contributed by atoms with Crippen molar-refractivity contribution in [2.45, 2.75) is 32.6 Å². The van der Waals surface area contributed by atoms with Gasteiger partial charge in [-0.15, -0.1) is 11.3 Å². The second kappa shape index (κ2) is 15.1. The number of aryl methyl sites for hydroxylation is 2. The van der Waals surface area contributed by atoms with E-state index in [0.29, 0.717) is 45.7 Å². The Kier molecular flexibility index (Phi) is 9.72. The Bertz CT molecular complexity index is 2990. The smallest absolute Gasteiger partial charge is 0.242 e. The van der Waals surface area contributed by atoms with Crippen LogP contribution >= 0.6 is 22.9 Å². The molecule has 2 saturated heterocycles. The molecule has 1 N–H and O–H groups in total. The van der Waals surface area contributed by atoms with Gasteiger partial charge in [-0.25, -0.2) is 4.90 Å². The highest BCUT2D eigenvalue weighted by molar-refractivity contribution is 7.22. The molecule has 11 nitrogen and oxygen atoms in total. The van der Waals surface area contributed by atoms with Crippen LogP contribution in [0.15, 0.2) is 103 Å². The molecule has 0 bridgehead atoms. The minimum Gasteiger partial charge on any atom is -0.508 e. The van der Waals surface area contributed by atoms with E-state index in [1.54, 1.807) is 73.7 Å². The molecule has 4 heterocycles. The van der Waals surface area contributed by atoms with Gasteiger partial charge in [0.25, 0.3) is 0 Å². The monoisotopic (exact) mass is 878 g/mol. The fraction of sp³-hybridized carbons (Fsp3) is 0.260. The van der Waals surface area contributed by atoms with E-state index in [1.807, 2.05) is 86.7 Å². The minimum absolute atomic E-state index is 0.0215. The average molecular weight is 879 g/mol. The molecule has 0 radical (unpaired) electrons. The van der Waals surface area contributed by atoms with Gasteiger partial charge >= 0.3 is 0 Å². The summed E-state index contributed by atoms with van der Waals surface area (Å²) in [6, 6.07) is 27.1. The molecule has 318 valence electrons. The molecule has 2 aliphatic heterocycles. The Morgan fingerprint density at radius 1 is 0.873 bits per heavy atom. The highest BCUT2D eigenvalue weighted by Crippen LogP contribution is 2.64. The first-order valence-electron chi connectivity index (χ1n) is 20.8. The van der Waals surface area contributed by atoms with Gasteiger partial charge < -0.3 is 14.6 Å². The predicted octanol–water partition coefficient (Wildman–Crippen LogP) is 9.59. The van der Waals surface area contributed by atoms with E-state index in [0.717, 1.165) is 37.2 Å². The first-order chi connectivity index (χ1) is 30.3. The van der Waals surface area contributed by atoms with E-state index < -0.39 is 35.0 Å². The number of aromatic nitrogens is 2. The number of phenolic OH excluding ortho intramolecular Hbond substituents is 1. The van der Waals surface area contributed by atoms with Crippen molar-refractivity contribution < 1.29 is 33.8 Å². The number of halogens is 1. The first kappa shape index (κ1) is 40.6. The van der Waals surface area contributed by atoms with Crippen molar-refractivity contribution in [2.75, 3.05) is 24.0 Å². The zero-order valence-electron chi connectivity index (χ0n) is 35.2. The van der Waals surface area contributed by atoms with Gasteiger partial charge in [-0.1, -0.05) is 59.7 Å². The van der Waals surface area contributed by atoms with Gasteiger partial charge in [-0.05, 0) is 115 Å². The maximum atomic E-state index is 15.2. The van der Waals surface area contributed by atoms with E-state index in [1.165, 1.54) is 9.80 Å². The number of ether oxygens (including phenoxy) is 2. The lowest BCUT2D eigenvalue weighted by atomic mass is 9.51. The van der Waals surface area contributed by atoms with Gasteiger partial charge in [0.1, 0.15) is 28.8 Å². The molecule has 6 aromatic rings. The molecule has 10 rings (SSSR count). The summed E-state index contributed by atoms with van der Waals surface area (Å²) in [5.41, 5.74) is 3.99. The number of benzene rings is 4. The van der Waals surface area contributed by atoms with Crippen LogP contribution in [-0.4, -0.2) is 52.7 Å². The van der Waals surface area contributed by atoms with Crippen LogP contribution in [0.4, 0.5) is 11.5 Å². The summed E-state index contributed by atoms with van der Waals surface area (Å²) < 4.78 is 13.5. The Morgan fingerprint density at radius 3 is 2.41 bits per heavy atom. The molecule has 6 atom stereocenters. The number of fused-ring (bicyclic) bond motifs is 5. The zero-order valence-corrected chi connectivity index (χ0v) is 36.7. The number of nitrogens with zero attached hydrogens (tertiary/aromatic N) is 4. The van der Waals surface area contributed by atoms with Crippen LogP contribution in [0.1, 0.15) is 47.9 Å². The van der Waals surface area contributed by atoms with Crippen molar-refractivity contribution in [1.82, 2.24) is 9.78 Å². The van der Waals surface area contributed by atoms with Gasteiger partial charge in [-0.2, -0.15) is 5.10 Å². The third-order valence-electron chi connectivity index (χ3n) is 13.7. The number of carbonyl (C=O) groups excluding carboxylic acids is 4. The van der Waals surface area contributed by atoms with E-state index in [-0.39, 0.29) is 35.8 Å². The van der Waals surface area contributed by atoms with Crippen LogP contribution in [0.3, 0.4) is 0 Å². The second-order valence-corrected chi connectivity index (χ2v) is 18.5. The molecule has 63 heavy (non-hydrogen) atoms. The van der Waals surface area contributed by atoms with Crippen LogP contribution in [0, 0.1) is 36.0 Å². The van der Waals surface area contributed by atoms with E-state index in [4.69, 9.17) is 26.2 Å². The summed E-state index contributed by atoms with van der Waals surface area (Å²) in [7, 11) is 4.94. The number of thiophene rings is 1. The molecule has 2 aliphatic carbocycles. The van der Waals surface area contributed by atoms with Gasteiger partial charge in [0.05, 0.1) is 48.0 Å². The predicted molar refractivity (Wildman–Crippen MR) is 244 cm³/mol. The first-order valence-corrected chi connectivity index (χ1v) is 22.0. The molecular formula is C50H43ClN4O7S. The Balaban J connectivity index is 0.986. The number of rotatable bonds is 8. The lowest BCUT2D eigenvalue weighted by Crippen LogP contribution is -2.48. The summed E-state index contributed by atoms with van der Waals surface area (Å²) in [6.45, 7) is 3.84. The summed E-state index contributed by atoms with van der Waals surface area (Å²) in [5, 5.41) is 17.2. The maximum absolute atomic E-state index is 15.2. The molecule has 4 amide bonds. The molecule has 3 fully saturated rings. The molecule has 4 aromatic carbocycles. The van der Waals surface area contributed by atoms with Crippen molar-refractivity contribution in [3.63, 3.8) is 0 Å². The summed E-state index contributed by atoms with van der Waals surface area (Å²) in [5.74, 6) is -3.02. The third-order valence-corrected chi connectivity index (χ3v) is 15.3. The molecule has 2 aromatic heterocycles. The van der Waals surface area contributed by atoms with Crippen molar-refractivity contribution in [3.8, 4) is 27.8 Å². The zero-order chi connectivity index (χ0) is 44.1. The average Bonchev–Trinajstić information content (AvgIpc) is 3.95. The van der Waals surface area contributed by atoms with Crippen molar-refractivity contribution in [2.24, 2.45) is 36.1 Å². The molecular weight excluding hydrogens is 836 g/mol. The third kappa shape index (κ3) is 6.24. The molecule has 0 spiro atoms. The number of aromatic hydroxyl groups is 1. The number of hydrogen-bond acceptors (Lipinski definition) is 9. The standard InChI is InChI=1S/C50H43ClN4O7S/c1-26-36-23-30(51)13-20-41(36)63-45(26)39-25-42(53(3)52-39)55-47(58)38-24-37-34(44(50(38,2)49(55)60)29-7-6-8-32(56)21-29)17-18-35-43(37)48(59)54(46(35)57)31-14-10-27(11-15-31)9-12-28-22-33(61-4)16-19-40(28)62-5/h6-17,19-23,25,35,37-38,43-44,56H,18,24H2,1-5H3. The number of allylic oxidation sites excluding steroid dienone is 2. The van der Waals surface area contributed by atoms with Crippen LogP contribution in [0.25, 0.3) is 32.8 Å². The highest BCUT2D eigenvalue weighted by Gasteiger charge is 2.68.